The van der Waals surface area contributed by atoms with Gasteiger partial charge in [0.1, 0.15) is 0 Å². The Hall–Kier alpha value is -0.750. The normalized spacial score (nSPS) is 14.4. The van der Waals surface area contributed by atoms with E-state index in [-0.39, 0.29) is 5.92 Å². The summed E-state index contributed by atoms with van der Waals surface area (Å²) in [5.41, 5.74) is 6.84. The Morgan fingerprint density at radius 1 is 1.39 bits per heavy atom. The molecular formula is C13H15BrN2OS. The average molecular weight is 327 g/mol. The molecule has 2 aromatic rings. The molecule has 18 heavy (non-hydrogen) atoms. The molecular weight excluding hydrogens is 312 g/mol. The summed E-state index contributed by atoms with van der Waals surface area (Å²) in [6, 6.07) is 7.89. The van der Waals surface area contributed by atoms with Gasteiger partial charge in [-0.2, -0.15) is 0 Å². The standard InChI is InChI=1S/C13H15BrN2OS/c1-8-16-7-12(18-8)13(17)11(6-15)9-2-4-10(14)5-3-9/h2-5,7,11,13,17H,6,15H2,1H3. The van der Waals surface area contributed by atoms with Gasteiger partial charge in [-0.25, -0.2) is 4.98 Å². The number of hydrogen-bond donors (Lipinski definition) is 2. The van der Waals surface area contributed by atoms with Crippen LogP contribution in [0.1, 0.15) is 27.5 Å². The topological polar surface area (TPSA) is 59.1 Å². The second kappa shape index (κ2) is 5.93. The highest BCUT2D eigenvalue weighted by Gasteiger charge is 2.23. The lowest BCUT2D eigenvalue weighted by Gasteiger charge is -2.20. The van der Waals surface area contributed by atoms with Crippen LogP contribution in [0.5, 0.6) is 0 Å². The Balaban J connectivity index is 2.25. The Kier molecular flexibility index (Phi) is 4.50. The first-order valence-corrected chi connectivity index (χ1v) is 7.28. The summed E-state index contributed by atoms with van der Waals surface area (Å²) in [7, 11) is 0. The zero-order valence-corrected chi connectivity index (χ0v) is 12.4. The number of halogens is 1. The molecule has 96 valence electrons. The van der Waals surface area contributed by atoms with Gasteiger partial charge >= 0.3 is 0 Å². The zero-order chi connectivity index (χ0) is 13.1. The summed E-state index contributed by atoms with van der Waals surface area (Å²) in [6.07, 6.45) is 1.13. The molecule has 1 aromatic heterocycles. The summed E-state index contributed by atoms with van der Waals surface area (Å²) in [5, 5.41) is 11.3. The molecule has 3 nitrogen and oxygen atoms in total. The highest BCUT2D eigenvalue weighted by Crippen LogP contribution is 2.33. The van der Waals surface area contributed by atoms with Crippen molar-refractivity contribution in [2.24, 2.45) is 5.73 Å². The van der Waals surface area contributed by atoms with E-state index in [1.54, 1.807) is 6.20 Å². The lowest BCUT2D eigenvalue weighted by molar-refractivity contribution is 0.151. The number of rotatable bonds is 4. The van der Waals surface area contributed by atoms with E-state index in [0.29, 0.717) is 6.54 Å². The number of aromatic nitrogens is 1. The van der Waals surface area contributed by atoms with Gasteiger partial charge in [0, 0.05) is 23.1 Å². The molecule has 2 unspecified atom stereocenters. The minimum absolute atomic E-state index is 0.0991. The van der Waals surface area contributed by atoms with Gasteiger partial charge in [-0.3, -0.25) is 0 Å². The Morgan fingerprint density at radius 3 is 2.56 bits per heavy atom. The fourth-order valence-corrected chi connectivity index (χ4v) is 2.97. The summed E-state index contributed by atoms with van der Waals surface area (Å²) in [6.45, 7) is 2.33. The van der Waals surface area contributed by atoms with Crippen molar-refractivity contribution >= 4 is 27.3 Å². The van der Waals surface area contributed by atoms with Crippen LogP contribution in [-0.2, 0) is 0 Å². The fourth-order valence-electron chi connectivity index (χ4n) is 1.87. The SMILES string of the molecule is Cc1ncc(C(O)C(CN)c2ccc(Br)cc2)s1. The van der Waals surface area contributed by atoms with Gasteiger partial charge in [-0.15, -0.1) is 11.3 Å². The van der Waals surface area contributed by atoms with Crippen molar-refractivity contribution in [3.05, 3.63) is 50.4 Å². The summed E-state index contributed by atoms with van der Waals surface area (Å²) in [5.74, 6) is -0.0991. The first-order chi connectivity index (χ1) is 8.61. The molecule has 0 amide bonds. The molecule has 1 aromatic carbocycles. The van der Waals surface area contributed by atoms with Crippen molar-refractivity contribution in [3.8, 4) is 0 Å². The van der Waals surface area contributed by atoms with Crippen molar-refractivity contribution in [1.29, 1.82) is 0 Å². The van der Waals surface area contributed by atoms with Crippen LogP contribution in [0.25, 0.3) is 0 Å². The van der Waals surface area contributed by atoms with Crippen molar-refractivity contribution in [2.75, 3.05) is 6.54 Å². The van der Waals surface area contributed by atoms with E-state index in [9.17, 15) is 5.11 Å². The number of hydrogen-bond acceptors (Lipinski definition) is 4. The lowest BCUT2D eigenvalue weighted by Crippen LogP contribution is -2.19. The van der Waals surface area contributed by atoms with Crippen molar-refractivity contribution in [3.63, 3.8) is 0 Å². The average Bonchev–Trinajstić information content (AvgIpc) is 2.79. The van der Waals surface area contributed by atoms with Crippen LogP contribution in [0.15, 0.2) is 34.9 Å². The van der Waals surface area contributed by atoms with Crippen LogP contribution < -0.4 is 5.73 Å². The van der Waals surface area contributed by atoms with Gasteiger partial charge in [0.15, 0.2) is 0 Å². The van der Waals surface area contributed by atoms with E-state index in [0.717, 1.165) is 19.9 Å². The highest BCUT2D eigenvalue weighted by molar-refractivity contribution is 9.10. The maximum absolute atomic E-state index is 10.4. The molecule has 0 spiro atoms. The van der Waals surface area contributed by atoms with Gasteiger partial charge in [-0.1, -0.05) is 28.1 Å². The van der Waals surface area contributed by atoms with E-state index in [1.807, 2.05) is 31.2 Å². The van der Waals surface area contributed by atoms with Crippen molar-refractivity contribution < 1.29 is 5.11 Å². The number of benzene rings is 1. The van der Waals surface area contributed by atoms with Gasteiger partial charge in [0.2, 0.25) is 0 Å². The molecule has 0 fully saturated rings. The van der Waals surface area contributed by atoms with E-state index in [1.165, 1.54) is 11.3 Å². The number of aryl methyl sites for hydroxylation is 1. The molecule has 5 heteroatoms. The van der Waals surface area contributed by atoms with Gasteiger partial charge in [0.25, 0.3) is 0 Å². The maximum atomic E-state index is 10.4. The molecule has 0 saturated carbocycles. The molecule has 0 saturated heterocycles. The number of nitrogens with zero attached hydrogens (tertiary/aromatic N) is 1. The molecule has 0 aliphatic heterocycles. The third kappa shape index (κ3) is 2.98. The summed E-state index contributed by atoms with van der Waals surface area (Å²) in [4.78, 5) is 5.04. The maximum Gasteiger partial charge on any atom is 0.0978 e. The first-order valence-electron chi connectivity index (χ1n) is 5.67. The van der Waals surface area contributed by atoms with Crippen LogP contribution >= 0.6 is 27.3 Å². The monoisotopic (exact) mass is 326 g/mol. The minimum Gasteiger partial charge on any atom is -0.387 e. The van der Waals surface area contributed by atoms with Crippen LogP contribution in [0.4, 0.5) is 0 Å². The predicted molar refractivity (Wildman–Crippen MR) is 77.7 cm³/mol. The quantitative estimate of drug-likeness (QED) is 0.908. The molecule has 0 radical (unpaired) electrons. The molecule has 3 N–H and O–H groups in total. The third-order valence-electron chi connectivity index (χ3n) is 2.86. The van der Waals surface area contributed by atoms with Gasteiger partial charge in [-0.05, 0) is 24.6 Å². The second-order valence-corrected chi connectivity index (χ2v) is 6.30. The number of nitrogens with two attached hydrogens (primary N) is 1. The van der Waals surface area contributed by atoms with Gasteiger partial charge in [0.05, 0.1) is 16.0 Å². The van der Waals surface area contributed by atoms with Crippen LogP contribution in [0, 0.1) is 6.92 Å². The van der Waals surface area contributed by atoms with E-state index < -0.39 is 6.10 Å². The van der Waals surface area contributed by atoms with Crippen LogP contribution in [0.3, 0.4) is 0 Å². The predicted octanol–water partition coefficient (Wildman–Crippen LogP) is 2.99. The molecule has 2 atom stereocenters. The van der Waals surface area contributed by atoms with Crippen molar-refractivity contribution in [1.82, 2.24) is 4.98 Å². The zero-order valence-electron chi connectivity index (χ0n) is 10.0. The number of aliphatic hydroxyl groups excluding tert-OH is 1. The Labute approximate surface area is 119 Å². The minimum atomic E-state index is -0.595. The van der Waals surface area contributed by atoms with E-state index in [2.05, 4.69) is 20.9 Å². The summed E-state index contributed by atoms with van der Waals surface area (Å²) < 4.78 is 1.02. The first kappa shape index (κ1) is 13.7. The van der Waals surface area contributed by atoms with Gasteiger partial charge < -0.3 is 10.8 Å². The lowest BCUT2D eigenvalue weighted by atomic mass is 9.93. The second-order valence-electron chi connectivity index (χ2n) is 4.12. The Morgan fingerprint density at radius 2 is 2.06 bits per heavy atom. The smallest absolute Gasteiger partial charge is 0.0978 e. The van der Waals surface area contributed by atoms with E-state index in [4.69, 9.17) is 5.73 Å². The Bertz CT molecular complexity index is 512. The molecule has 1 heterocycles. The molecule has 0 aliphatic carbocycles. The van der Waals surface area contributed by atoms with Crippen molar-refractivity contribution in [2.45, 2.75) is 18.9 Å². The van der Waals surface area contributed by atoms with Crippen LogP contribution in [-0.4, -0.2) is 16.6 Å². The molecule has 0 aliphatic rings. The highest BCUT2D eigenvalue weighted by atomic mass is 79.9. The van der Waals surface area contributed by atoms with Crippen LogP contribution in [0.2, 0.25) is 0 Å². The molecule has 2 rings (SSSR count). The number of aliphatic hydroxyl groups is 1. The fraction of sp³-hybridized carbons (Fsp3) is 0.308. The summed E-state index contributed by atoms with van der Waals surface area (Å²) >= 11 is 4.91. The van der Waals surface area contributed by atoms with E-state index >= 15 is 0 Å². The number of thiazole rings is 1. The third-order valence-corrected chi connectivity index (χ3v) is 4.38. The largest absolute Gasteiger partial charge is 0.387 e. The molecule has 0 bridgehead atoms.